The highest BCUT2D eigenvalue weighted by Gasteiger charge is 2.21. The zero-order chi connectivity index (χ0) is 15.8. The van der Waals surface area contributed by atoms with Crippen molar-refractivity contribution < 1.29 is 4.79 Å². The number of hydrogen-bond acceptors (Lipinski definition) is 5. The van der Waals surface area contributed by atoms with Gasteiger partial charge in [0.25, 0.3) is 0 Å². The SMILES string of the molecule is CC(=O)Nc1cccc(-c2cn3nc(NCC4CC4)sc3n2)c1. The summed E-state index contributed by atoms with van der Waals surface area (Å²) in [7, 11) is 0. The fourth-order valence-corrected chi connectivity index (χ4v) is 3.21. The van der Waals surface area contributed by atoms with Crippen LogP contribution in [0.1, 0.15) is 19.8 Å². The number of benzene rings is 1. The van der Waals surface area contributed by atoms with E-state index in [1.54, 1.807) is 15.9 Å². The standard InChI is InChI=1S/C16H17N5OS/c1-10(22)18-13-4-2-3-12(7-13)14-9-21-16(19-14)23-15(20-21)17-8-11-5-6-11/h2-4,7,9,11H,5-6,8H2,1H3,(H,17,20)(H,18,22). The van der Waals surface area contributed by atoms with E-state index in [9.17, 15) is 4.79 Å². The number of fused-ring (bicyclic) bond motifs is 1. The van der Waals surface area contributed by atoms with Crippen LogP contribution in [0.5, 0.6) is 0 Å². The fraction of sp³-hybridized carbons (Fsp3) is 0.312. The molecule has 0 radical (unpaired) electrons. The maximum Gasteiger partial charge on any atom is 0.221 e. The third-order valence-corrected chi connectivity index (χ3v) is 4.64. The molecule has 2 aromatic heterocycles. The number of nitrogens with one attached hydrogen (secondary N) is 2. The Morgan fingerprint density at radius 3 is 3.04 bits per heavy atom. The molecule has 4 rings (SSSR count). The molecule has 1 aliphatic carbocycles. The van der Waals surface area contributed by atoms with Crippen molar-refractivity contribution in [3.8, 4) is 11.3 Å². The van der Waals surface area contributed by atoms with Crippen molar-refractivity contribution >= 4 is 33.0 Å². The van der Waals surface area contributed by atoms with Crippen molar-refractivity contribution in [1.82, 2.24) is 14.6 Å². The summed E-state index contributed by atoms with van der Waals surface area (Å²) >= 11 is 1.56. The Hall–Kier alpha value is -2.41. The van der Waals surface area contributed by atoms with Crippen LogP contribution in [0, 0.1) is 5.92 Å². The number of aromatic nitrogens is 3. The first-order valence-electron chi connectivity index (χ1n) is 7.65. The maximum absolute atomic E-state index is 11.2. The van der Waals surface area contributed by atoms with E-state index < -0.39 is 0 Å². The van der Waals surface area contributed by atoms with Crippen LogP contribution < -0.4 is 10.6 Å². The van der Waals surface area contributed by atoms with E-state index in [1.165, 1.54) is 19.8 Å². The van der Waals surface area contributed by atoms with Crippen molar-refractivity contribution in [2.45, 2.75) is 19.8 Å². The molecule has 0 spiro atoms. The number of nitrogens with zero attached hydrogens (tertiary/aromatic N) is 3. The number of carbonyl (C=O) groups excluding carboxylic acids is 1. The summed E-state index contributed by atoms with van der Waals surface area (Å²) in [5.74, 6) is 0.735. The average molecular weight is 327 g/mol. The number of amides is 1. The average Bonchev–Trinajstić information content (AvgIpc) is 3.13. The highest BCUT2D eigenvalue weighted by atomic mass is 32.1. The Labute approximate surface area is 137 Å². The summed E-state index contributed by atoms with van der Waals surface area (Å²) in [4.78, 5) is 16.7. The Kier molecular flexibility index (Phi) is 3.49. The quantitative estimate of drug-likeness (QED) is 0.755. The molecular formula is C16H17N5OS. The van der Waals surface area contributed by atoms with Gasteiger partial charge in [-0.15, -0.1) is 5.10 Å². The second-order valence-corrected chi connectivity index (χ2v) is 6.80. The van der Waals surface area contributed by atoms with E-state index in [4.69, 9.17) is 0 Å². The molecule has 23 heavy (non-hydrogen) atoms. The number of anilines is 2. The zero-order valence-corrected chi connectivity index (χ0v) is 13.6. The van der Waals surface area contributed by atoms with Crippen LogP contribution in [0.3, 0.4) is 0 Å². The van der Waals surface area contributed by atoms with Gasteiger partial charge in [-0.2, -0.15) is 0 Å². The van der Waals surface area contributed by atoms with Gasteiger partial charge in [0.1, 0.15) is 0 Å². The summed E-state index contributed by atoms with van der Waals surface area (Å²) in [6.45, 7) is 2.50. The van der Waals surface area contributed by atoms with E-state index in [-0.39, 0.29) is 5.91 Å². The van der Waals surface area contributed by atoms with Crippen molar-refractivity contribution in [3.63, 3.8) is 0 Å². The molecule has 2 N–H and O–H groups in total. The van der Waals surface area contributed by atoms with Crippen LogP contribution >= 0.6 is 11.3 Å². The molecule has 1 fully saturated rings. The van der Waals surface area contributed by atoms with Gasteiger partial charge in [-0.1, -0.05) is 23.5 Å². The number of rotatable bonds is 5. The Balaban J connectivity index is 1.56. The lowest BCUT2D eigenvalue weighted by atomic mass is 10.1. The smallest absolute Gasteiger partial charge is 0.221 e. The molecule has 1 aromatic carbocycles. The van der Waals surface area contributed by atoms with E-state index in [0.717, 1.165) is 39.5 Å². The first kappa shape index (κ1) is 14.2. The van der Waals surface area contributed by atoms with Crippen molar-refractivity contribution in [3.05, 3.63) is 30.5 Å². The molecular weight excluding hydrogens is 310 g/mol. The molecule has 7 heteroatoms. The minimum absolute atomic E-state index is 0.0824. The molecule has 1 amide bonds. The van der Waals surface area contributed by atoms with Gasteiger partial charge >= 0.3 is 0 Å². The minimum atomic E-state index is -0.0824. The monoisotopic (exact) mass is 327 g/mol. The summed E-state index contributed by atoms with van der Waals surface area (Å²) < 4.78 is 1.81. The molecule has 118 valence electrons. The molecule has 3 aromatic rings. The highest BCUT2D eigenvalue weighted by Crippen LogP contribution is 2.30. The molecule has 2 heterocycles. The van der Waals surface area contributed by atoms with Gasteiger partial charge in [0.2, 0.25) is 16.0 Å². The number of carbonyl (C=O) groups is 1. The van der Waals surface area contributed by atoms with Gasteiger partial charge < -0.3 is 10.6 Å². The third kappa shape index (κ3) is 3.19. The summed E-state index contributed by atoms with van der Waals surface area (Å²) in [5, 5.41) is 11.6. The Bertz CT molecular complexity index is 833. The van der Waals surface area contributed by atoms with Crippen molar-refractivity contribution in [2.24, 2.45) is 5.92 Å². The predicted molar refractivity (Wildman–Crippen MR) is 91.8 cm³/mol. The van der Waals surface area contributed by atoms with Gasteiger partial charge in [-0.05, 0) is 30.9 Å². The highest BCUT2D eigenvalue weighted by molar-refractivity contribution is 7.20. The molecule has 0 atom stereocenters. The van der Waals surface area contributed by atoms with Crippen LogP contribution in [-0.2, 0) is 4.79 Å². The lowest BCUT2D eigenvalue weighted by Gasteiger charge is -2.03. The topological polar surface area (TPSA) is 71.3 Å². The molecule has 0 aliphatic heterocycles. The predicted octanol–water partition coefficient (Wildman–Crippen LogP) is 3.24. The number of hydrogen-bond donors (Lipinski definition) is 2. The first-order valence-corrected chi connectivity index (χ1v) is 8.47. The Morgan fingerprint density at radius 1 is 1.43 bits per heavy atom. The van der Waals surface area contributed by atoms with E-state index in [1.807, 2.05) is 30.5 Å². The zero-order valence-electron chi connectivity index (χ0n) is 12.7. The summed E-state index contributed by atoms with van der Waals surface area (Å²) in [6, 6.07) is 7.66. The molecule has 6 nitrogen and oxygen atoms in total. The maximum atomic E-state index is 11.2. The van der Waals surface area contributed by atoms with Crippen molar-refractivity contribution in [2.75, 3.05) is 17.2 Å². The van der Waals surface area contributed by atoms with Gasteiger partial charge in [0.15, 0.2) is 0 Å². The number of imidazole rings is 1. The fourth-order valence-electron chi connectivity index (χ4n) is 2.42. The molecule has 0 saturated heterocycles. The second-order valence-electron chi connectivity index (χ2n) is 5.85. The third-order valence-electron chi connectivity index (χ3n) is 3.76. The van der Waals surface area contributed by atoms with E-state index >= 15 is 0 Å². The Morgan fingerprint density at radius 2 is 2.30 bits per heavy atom. The van der Waals surface area contributed by atoms with Crippen LogP contribution in [0.15, 0.2) is 30.5 Å². The first-order chi connectivity index (χ1) is 11.2. The van der Waals surface area contributed by atoms with Crippen LogP contribution in [0.4, 0.5) is 10.8 Å². The normalized spacial score (nSPS) is 14.1. The largest absolute Gasteiger partial charge is 0.360 e. The van der Waals surface area contributed by atoms with Gasteiger partial charge in [-0.3, -0.25) is 4.79 Å². The molecule has 1 saturated carbocycles. The van der Waals surface area contributed by atoms with Gasteiger partial charge in [0, 0.05) is 24.7 Å². The summed E-state index contributed by atoms with van der Waals surface area (Å²) in [6.07, 6.45) is 4.57. The van der Waals surface area contributed by atoms with Gasteiger partial charge in [0.05, 0.1) is 11.9 Å². The molecule has 0 unspecified atom stereocenters. The molecule has 1 aliphatic rings. The van der Waals surface area contributed by atoms with Crippen LogP contribution in [0.25, 0.3) is 16.2 Å². The lowest BCUT2D eigenvalue weighted by molar-refractivity contribution is -0.114. The minimum Gasteiger partial charge on any atom is -0.360 e. The van der Waals surface area contributed by atoms with Crippen LogP contribution in [-0.4, -0.2) is 27.0 Å². The van der Waals surface area contributed by atoms with Crippen molar-refractivity contribution in [1.29, 1.82) is 0 Å². The second kappa shape index (κ2) is 5.66. The lowest BCUT2D eigenvalue weighted by Crippen LogP contribution is -2.05. The molecule has 0 bridgehead atoms. The van der Waals surface area contributed by atoms with E-state index in [0.29, 0.717) is 0 Å². The van der Waals surface area contributed by atoms with Crippen LogP contribution in [0.2, 0.25) is 0 Å². The summed E-state index contributed by atoms with van der Waals surface area (Å²) in [5.41, 5.74) is 2.58. The van der Waals surface area contributed by atoms with E-state index in [2.05, 4.69) is 20.7 Å². The van der Waals surface area contributed by atoms with Gasteiger partial charge in [-0.25, -0.2) is 9.50 Å².